The number of nitro benzene ring substituents is 1. The van der Waals surface area contributed by atoms with Crippen LogP contribution in [0.15, 0.2) is 42.5 Å². The maximum Gasteiger partial charge on any atom is 0.343 e. The third-order valence-corrected chi connectivity index (χ3v) is 3.64. The maximum atomic E-state index is 12.2. The van der Waals surface area contributed by atoms with Crippen molar-refractivity contribution in [2.45, 2.75) is 26.2 Å². The quantitative estimate of drug-likeness (QED) is 0.167. The van der Waals surface area contributed by atoms with E-state index in [1.54, 1.807) is 24.3 Å². The second-order valence-corrected chi connectivity index (χ2v) is 5.57. The lowest BCUT2D eigenvalue weighted by molar-refractivity contribution is -0.384. The Hall–Kier alpha value is -3.22. The minimum absolute atomic E-state index is 0.0320. The van der Waals surface area contributed by atoms with Gasteiger partial charge in [-0.3, -0.25) is 14.9 Å². The van der Waals surface area contributed by atoms with E-state index in [2.05, 4.69) is 6.92 Å². The molecule has 0 heterocycles. The Kier molecular flexibility index (Phi) is 6.84. The molecule has 26 heavy (non-hydrogen) atoms. The van der Waals surface area contributed by atoms with E-state index in [-0.39, 0.29) is 22.6 Å². The number of hydrogen-bond donors (Lipinski definition) is 0. The van der Waals surface area contributed by atoms with Crippen LogP contribution in [-0.4, -0.2) is 23.8 Å². The first-order chi connectivity index (χ1) is 12.5. The van der Waals surface area contributed by atoms with Gasteiger partial charge in [0.05, 0.1) is 22.7 Å². The van der Waals surface area contributed by atoms with Crippen molar-refractivity contribution < 1.29 is 24.0 Å². The standard InChI is InChI=1S/C19H19NO6/c1-2-3-4-11-25-17-8-5-14(6-9-17)19(22)26-18-10-7-16(20(23)24)12-15(18)13-21/h5-10,12-13H,2-4,11H2,1H3. The Bertz CT molecular complexity index is 785. The minimum Gasteiger partial charge on any atom is -0.494 e. The number of carbonyl (C=O) groups excluding carboxylic acids is 2. The van der Waals surface area contributed by atoms with E-state index >= 15 is 0 Å². The van der Waals surface area contributed by atoms with Crippen molar-refractivity contribution in [2.24, 2.45) is 0 Å². The van der Waals surface area contributed by atoms with E-state index in [1.807, 2.05) is 0 Å². The number of esters is 1. The third-order valence-electron chi connectivity index (χ3n) is 3.64. The number of aldehydes is 1. The molecule has 0 aromatic heterocycles. The van der Waals surface area contributed by atoms with Gasteiger partial charge in [0.15, 0.2) is 6.29 Å². The Balaban J connectivity index is 2.03. The summed E-state index contributed by atoms with van der Waals surface area (Å²) < 4.78 is 10.7. The van der Waals surface area contributed by atoms with E-state index in [0.29, 0.717) is 18.6 Å². The summed E-state index contributed by atoms with van der Waals surface area (Å²) >= 11 is 0. The van der Waals surface area contributed by atoms with Crippen molar-refractivity contribution in [2.75, 3.05) is 6.61 Å². The number of ether oxygens (including phenoxy) is 2. The van der Waals surface area contributed by atoms with Gasteiger partial charge >= 0.3 is 5.97 Å². The predicted molar refractivity (Wildman–Crippen MR) is 94.9 cm³/mol. The molecule has 0 amide bonds. The summed E-state index contributed by atoms with van der Waals surface area (Å²) in [5.74, 6) is -0.0449. The molecule has 2 rings (SSSR count). The van der Waals surface area contributed by atoms with Crippen LogP contribution in [0.2, 0.25) is 0 Å². The van der Waals surface area contributed by atoms with Gasteiger partial charge < -0.3 is 9.47 Å². The summed E-state index contributed by atoms with van der Waals surface area (Å²) in [6, 6.07) is 9.90. The third kappa shape index (κ3) is 5.14. The Labute approximate surface area is 150 Å². The smallest absolute Gasteiger partial charge is 0.343 e. The van der Waals surface area contributed by atoms with Gasteiger partial charge in [0, 0.05) is 12.1 Å². The highest BCUT2D eigenvalue weighted by atomic mass is 16.6. The number of nitrogens with zero attached hydrogens (tertiary/aromatic N) is 1. The molecule has 7 nitrogen and oxygen atoms in total. The van der Waals surface area contributed by atoms with Crippen molar-refractivity contribution in [3.05, 3.63) is 63.7 Å². The summed E-state index contributed by atoms with van der Waals surface area (Å²) in [6.45, 7) is 2.73. The normalized spacial score (nSPS) is 10.2. The lowest BCUT2D eigenvalue weighted by Gasteiger charge is -2.08. The van der Waals surface area contributed by atoms with Crippen molar-refractivity contribution in [3.8, 4) is 11.5 Å². The van der Waals surface area contributed by atoms with Crippen LogP contribution in [0.5, 0.6) is 11.5 Å². The summed E-state index contributed by atoms with van der Waals surface area (Å²) in [4.78, 5) is 33.4. The molecule has 2 aromatic carbocycles. The molecule has 0 aliphatic rings. The molecule has 0 spiro atoms. The molecule has 0 saturated carbocycles. The van der Waals surface area contributed by atoms with Crippen LogP contribution < -0.4 is 9.47 Å². The summed E-state index contributed by atoms with van der Waals surface area (Å²) in [5, 5.41) is 10.7. The molecule has 0 N–H and O–H groups in total. The van der Waals surface area contributed by atoms with Gasteiger partial charge in [-0.15, -0.1) is 0 Å². The van der Waals surface area contributed by atoms with Crippen molar-refractivity contribution in [1.82, 2.24) is 0 Å². The van der Waals surface area contributed by atoms with Crippen LogP contribution in [-0.2, 0) is 0 Å². The van der Waals surface area contributed by atoms with E-state index in [0.717, 1.165) is 25.3 Å². The second kappa shape index (κ2) is 9.31. The van der Waals surface area contributed by atoms with E-state index in [1.165, 1.54) is 12.1 Å². The Morgan fingerprint density at radius 1 is 1.15 bits per heavy atom. The number of unbranched alkanes of at least 4 members (excludes halogenated alkanes) is 2. The topological polar surface area (TPSA) is 95.7 Å². The number of non-ortho nitro benzene ring substituents is 1. The lowest BCUT2D eigenvalue weighted by atomic mass is 10.2. The minimum atomic E-state index is -0.667. The summed E-state index contributed by atoms with van der Waals surface area (Å²) in [6.07, 6.45) is 3.58. The average molecular weight is 357 g/mol. The molecular weight excluding hydrogens is 338 g/mol. The van der Waals surface area contributed by atoms with Gasteiger partial charge in [0.2, 0.25) is 0 Å². The van der Waals surface area contributed by atoms with E-state index in [9.17, 15) is 19.7 Å². The van der Waals surface area contributed by atoms with Crippen LogP contribution in [0.25, 0.3) is 0 Å². The second-order valence-electron chi connectivity index (χ2n) is 5.57. The molecule has 136 valence electrons. The number of nitro groups is 1. The largest absolute Gasteiger partial charge is 0.494 e. The molecule has 0 radical (unpaired) electrons. The fraction of sp³-hybridized carbons (Fsp3) is 0.263. The summed E-state index contributed by atoms with van der Waals surface area (Å²) in [7, 11) is 0. The van der Waals surface area contributed by atoms with Gasteiger partial charge in [-0.1, -0.05) is 19.8 Å². The number of carbonyl (C=O) groups is 2. The molecule has 7 heteroatoms. The molecular formula is C19H19NO6. The predicted octanol–water partition coefficient (Wildman–Crippen LogP) is 4.20. The lowest BCUT2D eigenvalue weighted by Crippen LogP contribution is -2.10. The number of rotatable bonds is 9. The molecule has 0 saturated heterocycles. The zero-order valence-corrected chi connectivity index (χ0v) is 14.3. The highest BCUT2D eigenvalue weighted by Crippen LogP contribution is 2.24. The number of hydrogen-bond acceptors (Lipinski definition) is 6. The van der Waals surface area contributed by atoms with Gasteiger partial charge in [0.1, 0.15) is 11.5 Å². The highest BCUT2D eigenvalue weighted by molar-refractivity contribution is 5.92. The molecule has 0 unspecified atom stereocenters. The first-order valence-electron chi connectivity index (χ1n) is 8.23. The van der Waals surface area contributed by atoms with Crippen molar-refractivity contribution in [3.63, 3.8) is 0 Å². The monoisotopic (exact) mass is 357 g/mol. The molecule has 0 bridgehead atoms. The van der Waals surface area contributed by atoms with Crippen molar-refractivity contribution in [1.29, 1.82) is 0 Å². The zero-order chi connectivity index (χ0) is 18.9. The highest BCUT2D eigenvalue weighted by Gasteiger charge is 2.15. The van der Waals surface area contributed by atoms with Crippen LogP contribution in [0.1, 0.15) is 46.9 Å². The van der Waals surface area contributed by atoms with Gasteiger partial charge in [-0.2, -0.15) is 0 Å². The van der Waals surface area contributed by atoms with Gasteiger partial charge in [0.25, 0.3) is 5.69 Å². The molecule has 0 aliphatic carbocycles. The van der Waals surface area contributed by atoms with Gasteiger partial charge in [-0.05, 0) is 36.8 Å². The van der Waals surface area contributed by atoms with Crippen LogP contribution in [0, 0.1) is 10.1 Å². The fourth-order valence-electron chi connectivity index (χ4n) is 2.22. The van der Waals surface area contributed by atoms with Crippen LogP contribution >= 0.6 is 0 Å². The average Bonchev–Trinajstić information content (AvgIpc) is 2.65. The maximum absolute atomic E-state index is 12.2. The zero-order valence-electron chi connectivity index (χ0n) is 14.3. The van der Waals surface area contributed by atoms with E-state index < -0.39 is 10.9 Å². The molecule has 2 aromatic rings. The van der Waals surface area contributed by atoms with Crippen LogP contribution in [0.4, 0.5) is 5.69 Å². The molecule has 0 atom stereocenters. The first-order valence-corrected chi connectivity index (χ1v) is 8.23. The fourth-order valence-corrected chi connectivity index (χ4v) is 2.22. The molecule has 0 fully saturated rings. The van der Waals surface area contributed by atoms with Crippen LogP contribution in [0.3, 0.4) is 0 Å². The van der Waals surface area contributed by atoms with Gasteiger partial charge in [-0.25, -0.2) is 4.79 Å². The Morgan fingerprint density at radius 2 is 1.88 bits per heavy atom. The molecule has 0 aliphatic heterocycles. The van der Waals surface area contributed by atoms with Crippen molar-refractivity contribution >= 4 is 17.9 Å². The van der Waals surface area contributed by atoms with E-state index in [4.69, 9.17) is 9.47 Å². The first kappa shape index (κ1) is 19.1. The SMILES string of the molecule is CCCCCOc1ccc(C(=O)Oc2ccc([N+](=O)[O-])cc2C=O)cc1. The summed E-state index contributed by atoms with van der Waals surface area (Å²) in [5.41, 5.74) is -0.0407. The Morgan fingerprint density at radius 3 is 2.50 bits per heavy atom. The number of benzene rings is 2.